The molecule has 0 saturated heterocycles. The molecule has 0 radical (unpaired) electrons. The summed E-state index contributed by atoms with van der Waals surface area (Å²) in [6, 6.07) is 10.2. The fourth-order valence-electron chi connectivity index (χ4n) is 2.51. The normalized spacial score (nSPS) is 10.8. The Morgan fingerprint density at radius 2 is 2.24 bits per heavy atom. The SMILES string of the molecule is CN(Cc1cccc(F)c1)C(=O)CCn1c(-c2cccs2)n[nH]c1=S. The van der Waals surface area contributed by atoms with Crippen LogP contribution < -0.4 is 0 Å². The highest BCUT2D eigenvalue weighted by atomic mass is 32.1. The molecule has 2 aromatic heterocycles. The zero-order valence-electron chi connectivity index (χ0n) is 13.6. The number of carbonyl (C=O) groups is 1. The molecule has 3 aromatic rings. The van der Waals surface area contributed by atoms with E-state index in [2.05, 4.69) is 10.2 Å². The molecule has 0 unspecified atom stereocenters. The zero-order chi connectivity index (χ0) is 17.8. The Kier molecular flexibility index (Phi) is 5.40. The van der Waals surface area contributed by atoms with Gasteiger partial charge in [-0.05, 0) is 41.4 Å². The zero-order valence-corrected chi connectivity index (χ0v) is 15.2. The maximum absolute atomic E-state index is 13.2. The van der Waals surface area contributed by atoms with Gasteiger partial charge in [0.1, 0.15) is 5.82 Å². The maximum atomic E-state index is 13.2. The van der Waals surface area contributed by atoms with Crippen molar-refractivity contribution in [1.29, 1.82) is 0 Å². The van der Waals surface area contributed by atoms with Gasteiger partial charge in [-0.1, -0.05) is 18.2 Å². The molecule has 5 nitrogen and oxygen atoms in total. The first-order valence-corrected chi connectivity index (χ1v) is 9.01. The van der Waals surface area contributed by atoms with E-state index in [0.717, 1.165) is 16.3 Å². The van der Waals surface area contributed by atoms with Gasteiger partial charge in [0.15, 0.2) is 10.6 Å². The predicted octanol–water partition coefficient (Wildman–Crippen LogP) is 3.86. The summed E-state index contributed by atoms with van der Waals surface area (Å²) in [6.45, 7) is 0.806. The summed E-state index contributed by atoms with van der Waals surface area (Å²) in [5.74, 6) is 0.397. The van der Waals surface area contributed by atoms with Gasteiger partial charge in [-0.15, -0.1) is 11.3 Å². The number of H-pyrrole nitrogens is 1. The Hall–Kier alpha value is -2.32. The molecule has 0 aliphatic carbocycles. The van der Waals surface area contributed by atoms with Crippen LogP contribution in [0.3, 0.4) is 0 Å². The van der Waals surface area contributed by atoms with Crippen LogP contribution in [-0.2, 0) is 17.9 Å². The van der Waals surface area contributed by atoms with Crippen molar-refractivity contribution in [2.75, 3.05) is 7.05 Å². The van der Waals surface area contributed by atoms with Crippen LogP contribution in [0, 0.1) is 10.6 Å². The molecule has 1 amide bonds. The van der Waals surface area contributed by atoms with Crippen molar-refractivity contribution in [1.82, 2.24) is 19.7 Å². The van der Waals surface area contributed by atoms with E-state index >= 15 is 0 Å². The number of hydrogen-bond donors (Lipinski definition) is 1. The van der Waals surface area contributed by atoms with Gasteiger partial charge in [-0.25, -0.2) is 4.39 Å². The Balaban J connectivity index is 1.65. The van der Waals surface area contributed by atoms with Crippen LogP contribution in [0.5, 0.6) is 0 Å². The van der Waals surface area contributed by atoms with Crippen LogP contribution in [0.2, 0.25) is 0 Å². The molecule has 0 bridgehead atoms. The van der Waals surface area contributed by atoms with Gasteiger partial charge in [0, 0.05) is 26.6 Å². The summed E-state index contributed by atoms with van der Waals surface area (Å²) >= 11 is 6.83. The summed E-state index contributed by atoms with van der Waals surface area (Å²) in [7, 11) is 1.71. The van der Waals surface area contributed by atoms with Crippen LogP contribution >= 0.6 is 23.6 Å². The Morgan fingerprint density at radius 1 is 1.40 bits per heavy atom. The van der Waals surface area contributed by atoms with Crippen LogP contribution in [0.1, 0.15) is 12.0 Å². The van der Waals surface area contributed by atoms with Gasteiger partial charge in [0.25, 0.3) is 0 Å². The van der Waals surface area contributed by atoms with Crippen molar-refractivity contribution >= 4 is 29.5 Å². The van der Waals surface area contributed by atoms with Gasteiger partial charge in [0.05, 0.1) is 4.88 Å². The monoisotopic (exact) mass is 376 g/mol. The van der Waals surface area contributed by atoms with E-state index in [-0.39, 0.29) is 18.1 Å². The summed E-state index contributed by atoms with van der Waals surface area (Å²) in [5.41, 5.74) is 0.759. The fourth-order valence-corrected chi connectivity index (χ4v) is 3.46. The largest absolute Gasteiger partial charge is 0.341 e. The lowest BCUT2D eigenvalue weighted by Crippen LogP contribution is -2.27. The number of amides is 1. The average Bonchev–Trinajstić information content (AvgIpc) is 3.22. The van der Waals surface area contributed by atoms with E-state index in [1.54, 1.807) is 35.4 Å². The Bertz CT molecular complexity index is 917. The van der Waals surface area contributed by atoms with Crippen molar-refractivity contribution in [2.24, 2.45) is 0 Å². The summed E-state index contributed by atoms with van der Waals surface area (Å²) in [5, 5.41) is 9.00. The molecule has 3 rings (SSSR count). The molecular weight excluding hydrogens is 359 g/mol. The lowest BCUT2D eigenvalue weighted by molar-refractivity contribution is -0.130. The minimum absolute atomic E-state index is 0.0375. The number of halogens is 1. The lowest BCUT2D eigenvalue weighted by Gasteiger charge is -2.17. The molecule has 0 fully saturated rings. The maximum Gasteiger partial charge on any atom is 0.224 e. The third-order valence-electron chi connectivity index (χ3n) is 3.78. The van der Waals surface area contributed by atoms with Crippen LogP contribution in [0.15, 0.2) is 41.8 Å². The highest BCUT2D eigenvalue weighted by Gasteiger charge is 2.14. The first-order valence-electron chi connectivity index (χ1n) is 7.72. The minimum atomic E-state index is -0.302. The number of nitrogens with zero attached hydrogens (tertiary/aromatic N) is 3. The van der Waals surface area contributed by atoms with Gasteiger partial charge < -0.3 is 4.90 Å². The Morgan fingerprint density at radius 3 is 2.96 bits per heavy atom. The van der Waals surface area contributed by atoms with Crippen LogP contribution in [-0.4, -0.2) is 32.6 Å². The second kappa shape index (κ2) is 7.71. The molecule has 130 valence electrons. The molecule has 8 heteroatoms. The third-order valence-corrected chi connectivity index (χ3v) is 4.96. The van der Waals surface area contributed by atoms with E-state index in [9.17, 15) is 9.18 Å². The third kappa shape index (κ3) is 4.21. The highest BCUT2D eigenvalue weighted by molar-refractivity contribution is 7.71. The van der Waals surface area contributed by atoms with Crippen LogP contribution in [0.4, 0.5) is 4.39 Å². The van der Waals surface area contributed by atoms with E-state index in [1.807, 2.05) is 22.1 Å². The number of benzene rings is 1. The van der Waals surface area contributed by atoms with Gasteiger partial charge >= 0.3 is 0 Å². The van der Waals surface area contributed by atoms with Crippen LogP contribution in [0.25, 0.3) is 10.7 Å². The summed E-state index contributed by atoms with van der Waals surface area (Å²) in [6.07, 6.45) is 0.290. The molecule has 0 atom stereocenters. The molecule has 0 aliphatic heterocycles. The van der Waals surface area contributed by atoms with E-state index in [0.29, 0.717) is 17.9 Å². The molecular formula is C17H17FN4OS2. The number of carbonyl (C=O) groups excluding carboxylic acids is 1. The smallest absolute Gasteiger partial charge is 0.224 e. The second-order valence-corrected chi connectivity index (χ2v) is 6.95. The number of thiophene rings is 1. The van der Waals surface area contributed by atoms with Gasteiger partial charge in [-0.3, -0.25) is 14.5 Å². The molecule has 25 heavy (non-hydrogen) atoms. The van der Waals surface area contributed by atoms with Crippen molar-refractivity contribution < 1.29 is 9.18 Å². The number of aromatic amines is 1. The fraction of sp³-hybridized carbons (Fsp3) is 0.235. The standard InChI is InChI=1S/C17H17FN4OS2/c1-21(11-12-4-2-5-13(18)10-12)15(23)7-8-22-16(19-20-17(22)24)14-6-3-9-25-14/h2-6,9-10H,7-8,11H2,1H3,(H,20,24). The molecule has 0 aliphatic rings. The van der Waals surface area contributed by atoms with Crippen molar-refractivity contribution in [3.8, 4) is 10.7 Å². The predicted molar refractivity (Wildman–Crippen MR) is 98.2 cm³/mol. The Labute approximate surface area is 153 Å². The highest BCUT2D eigenvalue weighted by Crippen LogP contribution is 2.23. The molecule has 0 saturated carbocycles. The quantitative estimate of drug-likeness (QED) is 0.665. The van der Waals surface area contributed by atoms with E-state index in [1.165, 1.54) is 12.1 Å². The first kappa shape index (κ1) is 17.5. The van der Waals surface area contributed by atoms with E-state index in [4.69, 9.17) is 12.2 Å². The first-order chi connectivity index (χ1) is 12.0. The molecule has 0 spiro atoms. The van der Waals surface area contributed by atoms with Gasteiger partial charge in [0.2, 0.25) is 5.91 Å². The van der Waals surface area contributed by atoms with E-state index < -0.39 is 0 Å². The number of rotatable bonds is 6. The number of aromatic nitrogens is 3. The minimum Gasteiger partial charge on any atom is -0.341 e. The lowest BCUT2D eigenvalue weighted by atomic mass is 10.2. The number of nitrogens with one attached hydrogen (secondary N) is 1. The number of hydrogen-bond acceptors (Lipinski definition) is 4. The van der Waals surface area contributed by atoms with Gasteiger partial charge in [-0.2, -0.15) is 5.10 Å². The van der Waals surface area contributed by atoms with Crippen molar-refractivity contribution in [3.05, 3.63) is 57.9 Å². The average molecular weight is 376 g/mol. The summed E-state index contributed by atoms with van der Waals surface area (Å²) in [4.78, 5) is 15.0. The molecule has 2 heterocycles. The second-order valence-electron chi connectivity index (χ2n) is 5.61. The molecule has 1 aromatic carbocycles. The van der Waals surface area contributed by atoms with Crippen molar-refractivity contribution in [3.63, 3.8) is 0 Å². The summed E-state index contributed by atoms with van der Waals surface area (Å²) < 4.78 is 15.6. The topological polar surface area (TPSA) is 53.9 Å². The molecule has 1 N–H and O–H groups in total. The van der Waals surface area contributed by atoms with Crippen molar-refractivity contribution in [2.45, 2.75) is 19.5 Å².